The van der Waals surface area contributed by atoms with Crippen LogP contribution in [0.25, 0.3) is 16.6 Å². The van der Waals surface area contributed by atoms with E-state index in [0.717, 1.165) is 33.5 Å². The van der Waals surface area contributed by atoms with E-state index in [4.69, 9.17) is 10.5 Å². The highest BCUT2D eigenvalue weighted by Gasteiger charge is 2.26. The molecule has 0 atom stereocenters. The van der Waals surface area contributed by atoms with Gasteiger partial charge in [-0.05, 0) is 46.9 Å². The zero-order valence-electron chi connectivity index (χ0n) is 20.0. The van der Waals surface area contributed by atoms with Crippen LogP contribution in [-0.4, -0.2) is 16.1 Å². The van der Waals surface area contributed by atoms with Gasteiger partial charge < -0.3 is 14.9 Å². The summed E-state index contributed by atoms with van der Waals surface area (Å²) in [6, 6.07) is 31.9. The maximum atomic E-state index is 13.0. The van der Waals surface area contributed by atoms with Crippen LogP contribution in [0.2, 0.25) is 0 Å². The predicted molar refractivity (Wildman–Crippen MR) is 141 cm³/mol. The molecule has 2 heterocycles. The molecule has 3 aromatic carbocycles. The first-order valence-corrected chi connectivity index (χ1v) is 11.8. The fourth-order valence-electron chi connectivity index (χ4n) is 4.68. The van der Waals surface area contributed by atoms with E-state index in [1.165, 1.54) is 0 Å². The van der Waals surface area contributed by atoms with Crippen LogP contribution >= 0.6 is 0 Å². The molecule has 178 valence electrons. The Bertz CT molecular complexity index is 1550. The Balaban J connectivity index is 1.63. The standard InChI is InChI=1S/C31H26N2O3/c1-21-26(19-24-15-8-9-16-25(24)23-13-6-3-7-14-23)33-18-10-17-27(29(33)28(21)30(34)31(32)35)36-20-22-11-4-2-5-12-22/h2-18H,19-20H2,1H3,(H2,32,35). The summed E-state index contributed by atoms with van der Waals surface area (Å²) in [5, 5.41) is 0. The monoisotopic (exact) mass is 474 g/mol. The van der Waals surface area contributed by atoms with Crippen molar-refractivity contribution in [3.8, 4) is 16.9 Å². The number of nitrogens with two attached hydrogens (primary N) is 1. The summed E-state index contributed by atoms with van der Waals surface area (Å²) < 4.78 is 8.11. The van der Waals surface area contributed by atoms with Crippen molar-refractivity contribution in [2.45, 2.75) is 20.0 Å². The number of ether oxygens (including phenoxy) is 1. The number of hydrogen-bond acceptors (Lipinski definition) is 3. The van der Waals surface area contributed by atoms with Crippen molar-refractivity contribution in [2.24, 2.45) is 5.73 Å². The number of nitrogens with zero attached hydrogens (tertiary/aromatic N) is 1. The third-order valence-electron chi connectivity index (χ3n) is 6.44. The van der Waals surface area contributed by atoms with Crippen molar-refractivity contribution in [1.29, 1.82) is 0 Å². The zero-order chi connectivity index (χ0) is 25.1. The van der Waals surface area contributed by atoms with Crippen molar-refractivity contribution in [3.05, 3.63) is 131 Å². The lowest BCUT2D eigenvalue weighted by Gasteiger charge is -2.12. The molecule has 36 heavy (non-hydrogen) atoms. The predicted octanol–water partition coefficient (Wildman–Crippen LogP) is 5.75. The van der Waals surface area contributed by atoms with Gasteiger partial charge in [-0.15, -0.1) is 0 Å². The first-order valence-electron chi connectivity index (χ1n) is 11.8. The summed E-state index contributed by atoms with van der Waals surface area (Å²) >= 11 is 0. The number of pyridine rings is 1. The van der Waals surface area contributed by atoms with E-state index in [9.17, 15) is 9.59 Å². The highest BCUT2D eigenvalue weighted by molar-refractivity contribution is 6.44. The first-order chi connectivity index (χ1) is 17.5. The van der Waals surface area contributed by atoms with Crippen LogP contribution < -0.4 is 10.5 Å². The van der Waals surface area contributed by atoms with Gasteiger partial charge in [0.05, 0.1) is 11.1 Å². The summed E-state index contributed by atoms with van der Waals surface area (Å²) in [7, 11) is 0. The van der Waals surface area contributed by atoms with E-state index in [1.54, 1.807) is 0 Å². The summed E-state index contributed by atoms with van der Waals surface area (Å²) in [6.07, 6.45) is 2.46. The van der Waals surface area contributed by atoms with Crippen molar-refractivity contribution in [2.75, 3.05) is 0 Å². The van der Waals surface area contributed by atoms with E-state index < -0.39 is 11.7 Å². The van der Waals surface area contributed by atoms with Crippen LogP contribution in [0.15, 0.2) is 103 Å². The van der Waals surface area contributed by atoms with Crippen LogP contribution in [0.1, 0.15) is 32.7 Å². The minimum Gasteiger partial charge on any atom is -0.487 e. The molecule has 0 aliphatic carbocycles. The smallest absolute Gasteiger partial charge is 0.289 e. The van der Waals surface area contributed by atoms with Crippen LogP contribution in [0.3, 0.4) is 0 Å². The molecule has 0 radical (unpaired) electrons. The molecule has 0 aliphatic rings. The van der Waals surface area contributed by atoms with Gasteiger partial charge >= 0.3 is 0 Å². The Morgan fingerprint density at radius 2 is 1.50 bits per heavy atom. The molecule has 0 saturated heterocycles. The van der Waals surface area contributed by atoms with Crippen LogP contribution in [-0.2, 0) is 17.8 Å². The molecule has 5 heteroatoms. The molecule has 2 aromatic heterocycles. The molecule has 0 aliphatic heterocycles. The Labute approximate surface area is 209 Å². The van der Waals surface area contributed by atoms with Crippen LogP contribution in [0.5, 0.6) is 5.75 Å². The molecule has 1 amide bonds. The maximum Gasteiger partial charge on any atom is 0.289 e. The minimum absolute atomic E-state index is 0.290. The van der Waals surface area contributed by atoms with E-state index in [2.05, 4.69) is 24.3 Å². The second-order valence-electron chi connectivity index (χ2n) is 8.71. The van der Waals surface area contributed by atoms with E-state index >= 15 is 0 Å². The molecule has 0 saturated carbocycles. The summed E-state index contributed by atoms with van der Waals surface area (Å²) in [5.74, 6) is -1.18. The van der Waals surface area contributed by atoms with Crippen molar-refractivity contribution >= 4 is 17.2 Å². The highest BCUT2D eigenvalue weighted by atomic mass is 16.5. The van der Waals surface area contributed by atoms with Gasteiger partial charge in [-0.1, -0.05) is 84.9 Å². The molecular formula is C31H26N2O3. The number of rotatable bonds is 8. The lowest BCUT2D eigenvalue weighted by atomic mass is 9.95. The van der Waals surface area contributed by atoms with E-state index in [0.29, 0.717) is 29.9 Å². The molecule has 5 aromatic rings. The van der Waals surface area contributed by atoms with Gasteiger partial charge in [0.2, 0.25) is 0 Å². The quantitative estimate of drug-likeness (QED) is 0.230. The third kappa shape index (κ3) is 4.39. The number of aromatic nitrogens is 1. The van der Waals surface area contributed by atoms with Gasteiger partial charge in [0.15, 0.2) is 0 Å². The molecule has 0 spiro atoms. The molecule has 2 N–H and O–H groups in total. The van der Waals surface area contributed by atoms with E-state index in [1.807, 2.05) is 90.3 Å². The second kappa shape index (κ2) is 9.92. The number of hydrogen-bond donors (Lipinski definition) is 1. The van der Waals surface area contributed by atoms with Crippen molar-refractivity contribution in [3.63, 3.8) is 0 Å². The van der Waals surface area contributed by atoms with Gasteiger partial charge in [-0.3, -0.25) is 9.59 Å². The summed E-state index contributed by atoms with van der Waals surface area (Å²) in [5.41, 5.74) is 12.3. The number of ketones is 1. The van der Waals surface area contributed by atoms with E-state index in [-0.39, 0.29) is 0 Å². The molecule has 5 rings (SSSR count). The largest absolute Gasteiger partial charge is 0.487 e. The zero-order valence-corrected chi connectivity index (χ0v) is 20.0. The van der Waals surface area contributed by atoms with Gasteiger partial charge in [0.25, 0.3) is 11.7 Å². The first kappa shape index (κ1) is 23.1. The number of primary amides is 1. The molecular weight excluding hydrogens is 448 g/mol. The lowest BCUT2D eigenvalue weighted by Crippen LogP contribution is -2.23. The molecule has 0 bridgehead atoms. The number of Topliss-reactive ketones (excluding diaryl/α,β-unsaturated/α-hetero) is 1. The fourth-order valence-corrected chi connectivity index (χ4v) is 4.68. The Morgan fingerprint density at radius 1 is 0.833 bits per heavy atom. The molecule has 5 nitrogen and oxygen atoms in total. The number of carbonyl (C=O) groups excluding carboxylic acids is 2. The number of amides is 1. The van der Waals surface area contributed by atoms with Crippen LogP contribution in [0, 0.1) is 6.92 Å². The normalized spacial score (nSPS) is 10.9. The Hall–Kier alpha value is -4.64. The number of carbonyl (C=O) groups is 2. The third-order valence-corrected chi connectivity index (χ3v) is 6.44. The Morgan fingerprint density at radius 3 is 2.22 bits per heavy atom. The summed E-state index contributed by atoms with van der Waals surface area (Å²) in [6.45, 7) is 2.20. The second-order valence-corrected chi connectivity index (χ2v) is 8.71. The number of benzene rings is 3. The average molecular weight is 475 g/mol. The fraction of sp³-hybridized carbons (Fsp3) is 0.0968. The van der Waals surface area contributed by atoms with Gasteiger partial charge in [0.1, 0.15) is 12.4 Å². The lowest BCUT2D eigenvalue weighted by molar-refractivity contribution is -0.114. The van der Waals surface area contributed by atoms with Crippen molar-refractivity contribution < 1.29 is 14.3 Å². The highest BCUT2D eigenvalue weighted by Crippen LogP contribution is 2.34. The average Bonchev–Trinajstić information content (AvgIpc) is 3.19. The van der Waals surface area contributed by atoms with Crippen molar-refractivity contribution in [1.82, 2.24) is 4.40 Å². The molecule has 0 fully saturated rings. The van der Waals surface area contributed by atoms with Gasteiger partial charge in [-0.2, -0.15) is 0 Å². The minimum atomic E-state index is -0.986. The summed E-state index contributed by atoms with van der Waals surface area (Å²) in [4.78, 5) is 25.0. The SMILES string of the molecule is Cc1c(C(=O)C(N)=O)c2c(OCc3ccccc3)cccn2c1Cc1ccccc1-c1ccccc1. The molecule has 0 unspecified atom stereocenters. The Kier molecular flexibility index (Phi) is 6.37. The maximum absolute atomic E-state index is 13.0. The van der Waals surface area contributed by atoms with Crippen LogP contribution in [0.4, 0.5) is 0 Å². The van der Waals surface area contributed by atoms with Gasteiger partial charge in [-0.25, -0.2) is 0 Å². The number of fused-ring (bicyclic) bond motifs is 1. The van der Waals surface area contributed by atoms with Gasteiger partial charge in [0, 0.05) is 18.3 Å². The topological polar surface area (TPSA) is 73.8 Å².